The molecule has 0 fully saturated rings. The van der Waals surface area contributed by atoms with Gasteiger partial charge in [-0.2, -0.15) is 41.8 Å². The Morgan fingerprint density at radius 1 is 0.796 bits per heavy atom. The number of aliphatic imine (C=N–C) groups is 1. The number of aromatic amines is 1. The van der Waals surface area contributed by atoms with Crippen molar-refractivity contribution in [1.29, 1.82) is 10.5 Å². The summed E-state index contributed by atoms with van der Waals surface area (Å²) in [4.78, 5) is 33.1. The van der Waals surface area contributed by atoms with Gasteiger partial charge >= 0.3 is 0 Å². The maximum atomic E-state index is 12.6. The average Bonchev–Trinajstić information content (AvgIpc) is 3.65. The van der Waals surface area contributed by atoms with Gasteiger partial charge in [0, 0.05) is 5.56 Å². The monoisotopic (exact) mass is 703 g/mol. The molecule has 5 aromatic rings. The summed E-state index contributed by atoms with van der Waals surface area (Å²) in [5.74, 6) is -0.913. The molecular weight excluding hydrogens is 679 g/mol. The van der Waals surface area contributed by atoms with Gasteiger partial charge in [-0.1, -0.05) is 35.9 Å². The van der Waals surface area contributed by atoms with Crippen LogP contribution in [0.25, 0.3) is 10.9 Å². The van der Waals surface area contributed by atoms with Crippen molar-refractivity contribution in [2.45, 2.75) is 23.3 Å². The Bertz CT molecular complexity index is 2610. The third-order valence-corrected chi connectivity index (χ3v) is 9.80. The van der Waals surface area contributed by atoms with Gasteiger partial charge < -0.3 is 22.9 Å². The van der Waals surface area contributed by atoms with Crippen molar-refractivity contribution < 1.29 is 16.8 Å². The fraction of sp³-hybridized carbons (Fsp3) is 0.0714. The van der Waals surface area contributed by atoms with Gasteiger partial charge in [0.05, 0.1) is 27.4 Å². The fourth-order valence-corrected chi connectivity index (χ4v) is 6.77. The summed E-state index contributed by atoms with van der Waals surface area (Å²) >= 11 is 0. The highest BCUT2D eigenvalue weighted by Gasteiger charge is 2.28. The van der Waals surface area contributed by atoms with E-state index in [0.717, 1.165) is 5.56 Å². The number of aromatic nitrogens is 4. The third-order valence-electron chi connectivity index (χ3n) is 7.17. The van der Waals surface area contributed by atoms with Crippen LogP contribution in [0.5, 0.6) is 0 Å². The van der Waals surface area contributed by atoms with Crippen LogP contribution in [-0.2, 0) is 26.6 Å². The number of sulfonamides is 2. The van der Waals surface area contributed by atoms with Gasteiger partial charge in [-0.3, -0.25) is 19.7 Å². The number of nitrogens with zero attached hydrogens (tertiary/aromatic N) is 6. The number of nitrogens with two attached hydrogens (primary N) is 4. The van der Waals surface area contributed by atoms with Crippen LogP contribution in [0.15, 0.2) is 79.0 Å². The van der Waals surface area contributed by atoms with E-state index in [9.17, 15) is 36.9 Å². The Labute approximate surface area is 276 Å². The number of hydrogen-bond donors (Lipinski definition) is 7. The van der Waals surface area contributed by atoms with E-state index in [1.54, 1.807) is 31.2 Å². The average molecular weight is 704 g/mol. The lowest BCUT2D eigenvalue weighted by Crippen LogP contribution is -2.39. The molecule has 0 atom stereocenters. The number of nitrogen functional groups attached to an aromatic ring is 3. The summed E-state index contributed by atoms with van der Waals surface area (Å²) in [6, 6.07) is 17.1. The fourth-order valence-electron chi connectivity index (χ4n) is 4.70. The molecule has 11 N–H and O–H groups in total. The number of pyridine rings is 2. The number of anilines is 3. The summed E-state index contributed by atoms with van der Waals surface area (Å²) in [5.41, 5.74) is 22.3. The van der Waals surface area contributed by atoms with E-state index in [1.807, 2.05) is 6.07 Å². The number of aryl methyl sites for hydroxylation is 1. The maximum Gasteiger partial charge on any atom is 0.284 e. The van der Waals surface area contributed by atoms with Crippen LogP contribution in [0.2, 0.25) is 0 Å². The highest BCUT2D eigenvalue weighted by molar-refractivity contribution is 7.92. The summed E-state index contributed by atoms with van der Waals surface area (Å²) in [5, 5.41) is 24.5. The Morgan fingerprint density at radius 3 is 1.90 bits per heavy atom. The third kappa shape index (κ3) is 5.93. The number of rotatable bonds is 6. The van der Waals surface area contributed by atoms with Gasteiger partial charge in [-0.05, 0) is 31.2 Å². The molecule has 250 valence electrons. The largest absolute Gasteiger partial charge is 0.383 e. The lowest BCUT2D eigenvalue weighted by molar-refractivity contribution is 0.593. The first kappa shape index (κ1) is 33.5. The minimum atomic E-state index is -4.11. The smallest absolute Gasteiger partial charge is 0.284 e. The summed E-state index contributed by atoms with van der Waals surface area (Å²) in [6.07, 6.45) is 0. The first-order chi connectivity index (χ1) is 23.1. The van der Waals surface area contributed by atoms with Crippen molar-refractivity contribution in [1.82, 2.24) is 19.5 Å². The van der Waals surface area contributed by atoms with E-state index < -0.39 is 31.2 Å². The number of nitrogens with one attached hydrogen (secondary N) is 3. The highest BCUT2D eigenvalue weighted by atomic mass is 32.2. The van der Waals surface area contributed by atoms with Crippen molar-refractivity contribution >= 4 is 54.2 Å². The van der Waals surface area contributed by atoms with Gasteiger partial charge in [0.1, 0.15) is 46.1 Å². The molecule has 0 saturated carbocycles. The molecule has 6 rings (SSSR count). The second kappa shape index (κ2) is 12.4. The second-order valence-corrected chi connectivity index (χ2v) is 13.6. The molecule has 0 amide bonds. The zero-order chi connectivity index (χ0) is 35.8. The van der Waals surface area contributed by atoms with E-state index in [2.05, 4.69) is 24.9 Å². The first-order valence-corrected chi connectivity index (χ1v) is 16.6. The Hall–Kier alpha value is -6.84. The molecule has 21 heteroatoms. The molecule has 2 aromatic carbocycles. The Balaban J connectivity index is 0.000000191. The molecule has 1 aliphatic heterocycles. The molecule has 0 radical (unpaired) electrons. The minimum absolute atomic E-state index is 0.0171. The zero-order valence-electron chi connectivity index (χ0n) is 25.2. The number of fused-ring (bicyclic) bond motifs is 2. The van der Waals surface area contributed by atoms with Crippen molar-refractivity contribution in [3.8, 4) is 12.1 Å². The second-order valence-electron chi connectivity index (χ2n) is 10.3. The molecule has 19 nitrogen and oxygen atoms in total. The normalized spacial score (nSPS) is 12.2. The lowest BCUT2D eigenvalue weighted by atomic mass is 10.1. The lowest BCUT2D eigenvalue weighted by Gasteiger charge is -2.16. The zero-order valence-corrected chi connectivity index (χ0v) is 26.8. The first-order valence-electron chi connectivity index (χ1n) is 13.7. The van der Waals surface area contributed by atoms with E-state index in [1.165, 1.54) is 36.4 Å². The predicted octanol–water partition coefficient (Wildman–Crippen LogP) is -0.545. The summed E-state index contributed by atoms with van der Waals surface area (Å²) in [7, 11) is -8.19. The minimum Gasteiger partial charge on any atom is -0.383 e. The van der Waals surface area contributed by atoms with E-state index >= 15 is 0 Å². The summed E-state index contributed by atoms with van der Waals surface area (Å²) in [6.45, 7) is 1.86. The molecule has 4 heterocycles. The van der Waals surface area contributed by atoms with Crippen molar-refractivity contribution in [3.05, 3.63) is 103 Å². The Kier molecular flexibility index (Phi) is 8.48. The number of H-pyrrole nitrogens is 1. The Morgan fingerprint density at radius 2 is 1.33 bits per heavy atom. The maximum absolute atomic E-state index is 12.6. The predicted molar refractivity (Wildman–Crippen MR) is 179 cm³/mol. The molecule has 49 heavy (non-hydrogen) atoms. The molecule has 0 aliphatic carbocycles. The van der Waals surface area contributed by atoms with E-state index in [-0.39, 0.29) is 67.2 Å². The quantitative estimate of drug-likeness (QED) is 0.117. The molecule has 0 spiro atoms. The van der Waals surface area contributed by atoms with Gasteiger partial charge in [0.25, 0.3) is 31.2 Å². The van der Waals surface area contributed by atoms with Crippen LogP contribution in [0, 0.1) is 29.6 Å². The molecule has 1 aliphatic rings. The van der Waals surface area contributed by atoms with E-state index in [0.29, 0.717) is 14.9 Å². The van der Waals surface area contributed by atoms with Crippen LogP contribution >= 0.6 is 0 Å². The van der Waals surface area contributed by atoms with Crippen LogP contribution in [0.4, 0.5) is 17.5 Å². The van der Waals surface area contributed by atoms with Gasteiger partial charge in [-0.25, -0.2) is 9.66 Å². The van der Waals surface area contributed by atoms with Crippen LogP contribution in [0.3, 0.4) is 0 Å². The van der Waals surface area contributed by atoms with Crippen LogP contribution in [0.1, 0.15) is 27.8 Å². The number of nitriles is 2. The summed E-state index contributed by atoms with van der Waals surface area (Å²) < 4.78 is 51.0. The van der Waals surface area contributed by atoms with E-state index in [4.69, 9.17) is 22.9 Å². The van der Waals surface area contributed by atoms with Crippen molar-refractivity contribution in [2.24, 2.45) is 10.7 Å². The van der Waals surface area contributed by atoms with Crippen LogP contribution in [-0.4, -0.2) is 42.2 Å². The number of benzene rings is 2. The highest BCUT2D eigenvalue weighted by Crippen LogP contribution is 2.24. The number of hydrogen-bond acceptors (Lipinski definition) is 14. The van der Waals surface area contributed by atoms with Crippen molar-refractivity contribution in [3.63, 3.8) is 0 Å². The molecule has 0 unspecified atom stereocenters. The standard InChI is InChI=1S/C14H13N7O3S.C14H12N6O3S/c1-7-2-4-8(5-3-7)25(23,24)20-21-13(17)9(6-15)11-10(14(21)22)12(16)19-18-11;15-6-9-10-7-18-12(16)11(10)14(21)20(13(9)17)19-24(22,23)8-4-2-1-3-5-8/h2-5,20H,17H2,1H3,(H3,16,18,19);1-5,19H,7,17H2,(H2,16,18). The van der Waals surface area contributed by atoms with Crippen LogP contribution < -0.4 is 43.7 Å². The molecule has 0 saturated heterocycles. The van der Waals surface area contributed by atoms with Gasteiger partial charge in [0.2, 0.25) is 0 Å². The SMILES string of the molecule is Cc1ccc(S(=O)(=O)Nn2c(N)c(C#N)c3[nH]nc(N)c3c2=O)cc1.N#Cc1c2c(c(=O)n(NS(=O)(=O)c3ccccc3)c1N)C(N)=NC2. The number of amidine groups is 1. The molecular formula is C28H25N13O6S2. The van der Waals surface area contributed by atoms with Crippen molar-refractivity contribution in [2.75, 3.05) is 26.9 Å². The van der Waals surface area contributed by atoms with Gasteiger partial charge in [0.15, 0.2) is 5.82 Å². The molecule has 3 aromatic heterocycles. The molecule has 0 bridgehead atoms. The topological polar surface area (TPSA) is 329 Å². The van der Waals surface area contributed by atoms with Gasteiger partial charge in [-0.15, -0.1) is 0 Å².